The number of nitrogens with one attached hydrogen (secondary N) is 1. The van der Waals surface area contributed by atoms with E-state index < -0.39 is 10.0 Å². The zero-order valence-electron chi connectivity index (χ0n) is 14.3. The van der Waals surface area contributed by atoms with Gasteiger partial charge >= 0.3 is 0 Å². The van der Waals surface area contributed by atoms with Crippen LogP contribution >= 0.6 is 11.3 Å². The lowest BCUT2D eigenvalue weighted by Gasteiger charge is -2.24. The SMILES string of the molecule is CC(C)NS(=O)(=O)c1cccc(C(=O)N2CCCC2c2cccs2)c1. The van der Waals surface area contributed by atoms with Gasteiger partial charge in [-0.1, -0.05) is 12.1 Å². The minimum absolute atomic E-state index is 0.0848. The molecule has 1 unspecified atom stereocenters. The standard InChI is InChI=1S/C18H22N2O3S2/c1-13(2)19-25(22,23)15-7-3-6-14(12-15)18(21)20-10-4-8-16(20)17-9-5-11-24-17/h3,5-7,9,11-13,16,19H,4,8,10H2,1-2H3. The summed E-state index contributed by atoms with van der Waals surface area (Å²) < 4.78 is 27.3. The second kappa shape index (κ2) is 7.27. The van der Waals surface area contributed by atoms with Gasteiger partial charge in [-0.2, -0.15) is 0 Å². The molecule has 2 heterocycles. The van der Waals surface area contributed by atoms with E-state index in [9.17, 15) is 13.2 Å². The van der Waals surface area contributed by atoms with Gasteiger partial charge in [0, 0.05) is 23.0 Å². The van der Waals surface area contributed by atoms with Crippen LogP contribution in [0.5, 0.6) is 0 Å². The number of nitrogens with zero attached hydrogens (tertiary/aromatic N) is 1. The van der Waals surface area contributed by atoms with Gasteiger partial charge in [-0.3, -0.25) is 4.79 Å². The number of benzene rings is 1. The van der Waals surface area contributed by atoms with E-state index >= 15 is 0 Å². The Bertz CT molecular complexity index is 845. The first-order valence-electron chi connectivity index (χ1n) is 8.35. The van der Waals surface area contributed by atoms with Crippen molar-refractivity contribution in [2.24, 2.45) is 0 Å². The van der Waals surface area contributed by atoms with Crippen LogP contribution in [0.4, 0.5) is 0 Å². The Kier molecular flexibility index (Phi) is 5.27. The van der Waals surface area contributed by atoms with Gasteiger partial charge in [0.05, 0.1) is 10.9 Å². The number of thiophene rings is 1. The van der Waals surface area contributed by atoms with E-state index in [4.69, 9.17) is 0 Å². The highest BCUT2D eigenvalue weighted by atomic mass is 32.2. The third-order valence-corrected chi connectivity index (χ3v) is 6.80. The average molecular weight is 379 g/mol. The van der Waals surface area contributed by atoms with Gasteiger partial charge < -0.3 is 4.90 Å². The van der Waals surface area contributed by atoms with Gasteiger partial charge in [-0.05, 0) is 56.3 Å². The van der Waals surface area contributed by atoms with Crippen LogP contribution in [0.2, 0.25) is 0 Å². The molecule has 0 saturated carbocycles. The largest absolute Gasteiger partial charge is 0.331 e. The van der Waals surface area contributed by atoms with E-state index in [1.165, 1.54) is 17.0 Å². The molecule has 0 spiro atoms. The van der Waals surface area contributed by atoms with Crippen molar-refractivity contribution < 1.29 is 13.2 Å². The minimum atomic E-state index is -3.61. The number of likely N-dealkylation sites (tertiary alicyclic amines) is 1. The fourth-order valence-corrected chi connectivity index (χ4v) is 5.30. The molecule has 1 aromatic carbocycles. The molecule has 3 rings (SSSR count). The molecule has 5 nitrogen and oxygen atoms in total. The van der Waals surface area contributed by atoms with Crippen LogP contribution in [-0.4, -0.2) is 31.8 Å². The van der Waals surface area contributed by atoms with Crippen LogP contribution in [0.15, 0.2) is 46.7 Å². The summed E-state index contributed by atoms with van der Waals surface area (Å²) in [6.45, 7) is 4.23. The fourth-order valence-electron chi connectivity index (χ4n) is 3.13. The molecule has 7 heteroatoms. The number of hydrogen-bond donors (Lipinski definition) is 1. The minimum Gasteiger partial charge on any atom is -0.331 e. The Morgan fingerprint density at radius 2 is 2.08 bits per heavy atom. The molecular weight excluding hydrogens is 356 g/mol. The quantitative estimate of drug-likeness (QED) is 0.867. The zero-order valence-corrected chi connectivity index (χ0v) is 15.9. The molecular formula is C18H22N2O3S2. The third kappa shape index (κ3) is 3.94. The third-order valence-electron chi connectivity index (χ3n) is 4.17. The predicted octanol–water partition coefficient (Wildman–Crippen LogP) is 3.41. The predicted molar refractivity (Wildman–Crippen MR) is 99.2 cm³/mol. The summed E-state index contributed by atoms with van der Waals surface area (Å²) in [7, 11) is -3.61. The number of carbonyl (C=O) groups is 1. The van der Waals surface area contributed by atoms with Crippen LogP contribution in [-0.2, 0) is 10.0 Å². The van der Waals surface area contributed by atoms with Crippen LogP contribution in [0.1, 0.15) is 48.0 Å². The Hall–Kier alpha value is -1.70. The van der Waals surface area contributed by atoms with Crippen molar-refractivity contribution in [1.29, 1.82) is 0 Å². The van der Waals surface area contributed by atoms with Gasteiger partial charge in [-0.15, -0.1) is 11.3 Å². The summed E-state index contributed by atoms with van der Waals surface area (Å²) in [5.41, 5.74) is 0.412. The number of rotatable bonds is 5. The highest BCUT2D eigenvalue weighted by Gasteiger charge is 2.31. The molecule has 0 radical (unpaired) electrons. The Morgan fingerprint density at radius 1 is 1.28 bits per heavy atom. The average Bonchev–Trinajstić information content (AvgIpc) is 3.24. The monoisotopic (exact) mass is 378 g/mol. The van der Waals surface area contributed by atoms with Gasteiger partial charge in [0.2, 0.25) is 10.0 Å². The number of hydrogen-bond acceptors (Lipinski definition) is 4. The summed E-state index contributed by atoms with van der Waals surface area (Å²) in [6, 6.07) is 10.2. The molecule has 1 aliphatic heterocycles. The molecule has 25 heavy (non-hydrogen) atoms. The second-order valence-electron chi connectivity index (χ2n) is 6.48. The summed E-state index contributed by atoms with van der Waals surface area (Å²) in [5.74, 6) is -0.113. The molecule has 1 aliphatic rings. The van der Waals surface area contributed by atoms with Crippen molar-refractivity contribution in [3.8, 4) is 0 Å². The Balaban J connectivity index is 1.87. The lowest BCUT2D eigenvalue weighted by molar-refractivity contribution is 0.0737. The molecule has 1 saturated heterocycles. The normalized spacial score (nSPS) is 18.0. The molecule has 0 aliphatic carbocycles. The van der Waals surface area contributed by atoms with Crippen molar-refractivity contribution in [2.45, 2.75) is 43.7 Å². The van der Waals surface area contributed by atoms with Crippen molar-refractivity contribution in [3.63, 3.8) is 0 Å². The summed E-state index contributed by atoms with van der Waals surface area (Å²) in [6.07, 6.45) is 1.90. The molecule has 2 aromatic rings. The first kappa shape index (κ1) is 18.1. The lowest BCUT2D eigenvalue weighted by atomic mass is 10.1. The first-order chi connectivity index (χ1) is 11.9. The van der Waals surface area contributed by atoms with Crippen molar-refractivity contribution in [2.75, 3.05) is 6.54 Å². The Labute approximate surface area is 152 Å². The summed E-state index contributed by atoms with van der Waals surface area (Å²) in [4.78, 5) is 16.1. The van der Waals surface area contributed by atoms with Gasteiger partial charge in [-0.25, -0.2) is 13.1 Å². The summed E-state index contributed by atoms with van der Waals surface area (Å²) in [5, 5.41) is 2.01. The van der Waals surface area contributed by atoms with Crippen LogP contribution in [0, 0.1) is 0 Å². The van der Waals surface area contributed by atoms with Crippen LogP contribution < -0.4 is 4.72 Å². The van der Waals surface area contributed by atoms with E-state index in [-0.39, 0.29) is 22.9 Å². The van der Waals surface area contributed by atoms with Crippen molar-refractivity contribution in [3.05, 3.63) is 52.2 Å². The molecule has 1 aromatic heterocycles. The lowest BCUT2D eigenvalue weighted by Crippen LogP contribution is -2.32. The van der Waals surface area contributed by atoms with Gasteiger partial charge in [0.1, 0.15) is 0 Å². The number of amides is 1. The van der Waals surface area contributed by atoms with Crippen LogP contribution in [0.25, 0.3) is 0 Å². The number of sulfonamides is 1. The number of carbonyl (C=O) groups excluding carboxylic acids is 1. The summed E-state index contributed by atoms with van der Waals surface area (Å²) >= 11 is 1.65. The second-order valence-corrected chi connectivity index (χ2v) is 9.17. The fraction of sp³-hybridized carbons (Fsp3) is 0.389. The molecule has 1 fully saturated rings. The van der Waals surface area contributed by atoms with Crippen LogP contribution in [0.3, 0.4) is 0 Å². The van der Waals surface area contributed by atoms with Crippen molar-refractivity contribution in [1.82, 2.24) is 9.62 Å². The highest BCUT2D eigenvalue weighted by molar-refractivity contribution is 7.89. The van der Waals surface area contributed by atoms with E-state index in [0.717, 1.165) is 12.8 Å². The molecule has 1 N–H and O–H groups in total. The first-order valence-corrected chi connectivity index (χ1v) is 10.7. The van der Waals surface area contributed by atoms with Crippen molar-refractivity contribution >= 4 is 27.3 Å². The zero-order chi connectivity index (χ0) is 18.0. The maximum atomic E-state index is 13.0. The molecule has 0 bridgehead atoms. The smallest absolute Gasteiger partial charge is 0.254 e. The topological polar surface area (TPSA) is 66.5 Å². The molecule has 1 amide bonds. The maximum Gasteiger partial charge on any atom is 0.254 e. The van der Waals surface area contributed by atoms with E-state index in [1.807, 2.05) is 22.4 Å². The molecule has 1 atom stereocenters. The van der Waals surface area contributed by atoms with E-state index in [0.29, 0.717) is 12.1 Å². The van der Waals surface area contributed by atoms with E-state index in [2.05, 4.69) is 4.72 Å². The van der Waals surface area contributed by atoms with Gasteiger partial charge in [0.25, 0.3) is 5.91 Å². The van der Waals surface area contributed by atoms with Gasteiger partial charge in [0.15, 0.2) is 0 Å². The molecule has 134 valence electrons. The Morgan fingerprint density at radius 3 is 2.76 bits per heavy atom. The maximum absolute atomic E-state index is 13.0. The van der Waals surface area contributed by atoms with E-state index in [1.54, 1.807) is 37.3 Å². The highest BCUT2D eigenvalue weighted by Crippen LogP contribution is 2.35.